The third-order valence-corrected chi connectivity index (χ3v) is 4.71. The molecule has 0 aliphatic rings. The van der Waals surface area contributed by atoms with Crippen LogP contribution in [0.4, 0.5) is 10.1 Å². The minimum absolute atomic E-state index is 0.0726. The van der Waals surface area contributed by atoms with Crippen molar-refractivity contribution in [2.75, 3.05) is 19.0 Å². The molecule has 0 saturated carbocycles. The Kier molecular flexibility index (Phi) is 6.34. The Balaban J connectivity index is 1.62. The molecular weight excluding hydrogens is 397 g/mol. The number of rotatable bonds is 6. The molecular formula is C22H19ClFNO4. The van der Waals surface area contributed by atoms with Gasteiger partial charge in [-0.2, -0.15) is 0 Å². The van der Waals surface area contributed by atoms with Gasteiger partial charge in [0.2, 0.25) is 0 Å². The zero-order valence-corrected chi connectivity index (χ0v) is 16.6. The van der Waals surface area contributed by atoms with Crippen LogP contribution in [-0.4, -0.2) is 25.6 Å². The smallest absolute Gasteiger partial charge is 0.313 e. The van der Waals surface area contributed by atoms with Crippen LogP contribution >= 0.6 is 11.6 Å². The maximum absolute atomic E-state index is 13.7. The van der Waals surface area contributed by atoms with Crippen molar-refractivity contribution < 1.29 is 23.5 Å². The van der Waals surface area contributed by atoms with E-state index in [2.05, 4.69) is 5.32 Å². The molecule has 1 atom stereocenters. The van der Waals surface area contributed by atoms with Crippen molar-refractivity contribution in [3.05, 3.63) is 71.0 Å². The summed E-state index contributed by atoms with van der Waals surface area (Å²) in [5.74, 6) is -1.66. The van der Waals surface area contributed by atoms with Gasteiger partial charge in [-0.15, -0.1) is 0 Å². The number of benzene rings is 3. The van der Waals surface area contributed by atoms with Crippen LogP contribution in [0.2, 0.25) is 5.02 Å². The van der Waals surface area contributed by atoms with Gasteiger partial charge in [-0.3, -0.25) is 9.59 Å². The number of fused-ring (bicyclic) bond motifs is 1. The molecule has 0 unspecified atom stereocenters. The number of nitrogens with one attached hydrogen (secondary N) is 1. The summed E-state index contributed by atoms with van der Waals surface area (Å²) in [6.07, 6.45) is 0. The van der Waals surface area contributed by atoms with E-state index >= 15 is 0 Å². The molecule has 0 aliphatic heterocycles. The molecule has 3 aromatic rings. The number of esters is 1. The first kappa shape index (κ1) is 20.6. The molecule has 1 N–H and O–H groups in total. The lowest BCUT2D eigenvalue weighted by Gasteiger charge is -2.13. The standard InChI is InChI=1S/C22H19ClFNO4/c1-13(14-3-4-16-10-18(28-2)7-5-15(16)9-14)22(27)29-12-21(26)25-20-11-17(23)6-8-19(20)24/h3-11,13H,12H2,1-2H3,(H,25,26)/t13-/m0/s1. The predicted molar refractivity (Wildman–Crippen MR) is 110 cm³/mol. The highest BCUT2D eigenvalue weighted by Crippen LogP contribution is 2.26. The van der Waals surface area contributed by atoms with E-state index in [0.717, 1.165) is 28.2 Å². The first-order valence-corrected chi connectivity index (χ1v) is 9.24. The van der Waals surface area contributed by atoms with E-state index in [0.29, 0.717) is 0 Å². The van der Waals surface area contributed by atoms with E-state index in [-0.39, 0.29) is 10.7 Å². The summed E-state index contributed by atoms with van der Waals surface area (Å²) < 4.78 is 24.0. The van der Waals surface area contributed by atoms with Gasteiger partial charge in [0.05, 0.1) is 18.7 Å². The fourth-order valence-corrected chi connectivity index (χ4v) is 2.99. The van der Waals surface area contributed by atoms with Crippen molar-refractivity contribution in [3.8, 4) is 5.75 Å². The first-order valence-electron chi connectivity index (χ1n) is 8.86. The van der Waals surface area contributed by atoms with Crippen molar-refractivity contribution >= 4 is 39.9 Å². The fraction of sp³-hybridized carbons (Fsp3) is 0.182. The van der Waals surface area contributed by atoms with E-state index in [1.807, 2.05) is 36.4 Å². The van der Waals surface area contributed by atoms with Crippen LogP contribution in [0.1, 0.15) is 18.4 Å². The van der Waals surface area contributed by atoms with E-state index in [1.165, 1.54) is 12.1 Å². The van der Waals surface area contributed by atoms with Gasteiger partial charge in [-0.1, -0.05) is 35.9 Å². The lowest BCUT2D eigenvalue weighted by molar-refractivity contribution is -0.148. The van der Waals surface area contributed by atoms with Gasteiger partial charge in [0, 0.05) is 5.02 Å². The highest BCUT2D eigenvalue weighted by molar-refractivity contribution is 6.30. The number of hydrogen-bond acceptors (Lipinski definition) is 4. The Morgan fingerprint density at radius 3 is 2.55 bits per heavy atom. The first-order chi connectivity index (χ1) is 13.9. The van der Waals surface area contributed by atoms with Crippen LogP contribution in [0.15, 0.2) is 54.6 Å². The summed E-state index contributed by atoms with van der Waals surface area (Å²) in [7, 11) is 1.60. The summed E-state index contributed by atoms with van der Waals surface area (Å²) in [6, 6.07) is 15.1. The number of anilines is 1. The molecule has 5 nitrogen and oxygen atoms in total. The van der Waals surface area contributed by atoms with Crippen LogP contribution in [0.5, 0.6) is 5.75 Å². The van der Waals surface area contributed by atoms with Crippen molar-refractivity contribution in [3.63, 3.8) is 0 Å². The maximum Gasteiger partial charge on any atom is 0.313 e. The summed E-state index contributed by atoms with van der Waals surface area (Å²) >= 11 is 5.79. The number of ether oxygens (including phenoxy) is 2. The summed E-state index contributed by atoms with van der Waals surface area (Å²) in [4.78, 5) is 24.3. The van der Waals surface area contributed by atoms with E-state index < -0.39 is 30.2 Å². The van der Waals surface area contributed by atoms with Gasteiger partial charge < -0.3 is 14.8 Å². The average molecular weight is 416 g/mol. The number of halogens is 2. The summed E-state index contributed by atoms with van der Waals surface area (Å²) in [6.45, 7) is 1.17. The molecule has 0 fully saturated rings. The number of carbonyl (C=O) groups is 2. The van der Waals surface area contributed by atoms with Crippen LogP contribution in [-0.2, 0) is 14.3 Å². The van der Waals surface area contributed by atoms with Crippen molar-refractivity contribution in [1.82, 2.24) is 0 Å². The number of carbonyl (C=O) groups excluding carboxylic acids is 2. The molecule has 3 rings (SSSR count). The molecule has 29 heavy (non-hydrogen) atoms. The number of methoxy groups -OCH3 is 1. The monoisotopic (exact) mass is 415 g/mol. The minimum Gasteiger partial charge on any atom is -0.497 e. The average Bonchev–Trinajstić information content (AvgIpc) is 2.73. The molecule has 3 aromatic carbocycles. The molecule has 0 spiro atoms. The Morgan fingerprint density at radius 2 is 1.79 bits per heavy atom. The van der Waals surface area contributed by atoms with Crippen LogP contribution in [0.3, 0.4) is 0 Å². The summed E-state index contributed by atoms with van der Waals surface area (Å²) in [5, 5.41) is 4.55. The van der Waals surface area contributed by atoms with Gasteiger partial charge in [-0.25, -0.2) is 4.39 Å². The van der Waals surface area contributed by atoms with Crippen LogP contribution < -0.4 is 10.1 Å². The molecule has 1 amide bonds. The zero-order valence-electron chi connectivity index (χ0n) is 15.9. The second-order valence-electron chi connectivity index (χ2n) is 6.47. The number of hydrogen-bond donors (Lipinski definition) is 1. The zero-order chi connectivity index (χ0) is 21.0. The Bertz CT molecular complexity index is 1070. The van der Waals surface area contributed by atoms with Gasteiger partial charge in [0.15, 0.2) is 6.61 Å². The Labute approximate surface area is 172 Å². The Morgan fingerprint density at radius 1 is 1.07 bits per heavy atom. The molecule has 0 radical (unpaired) electrons. The topological polar surface area (TPSA) is 64.6 Å². The SMILES string of the molecule is COc1ccc2cc([C@H](C)C(=O)OCC(=O)Nc3cc(Cl)ccc3F)ccc2c1. The minimum atomic E-state index is -0.655. The van der Waals surface area contributed by atoms with Crippen LogP contribution in [0.25, 0.3) is 10.8 Å². The normalized spacial score (nSPS) is 11.7. The molecule has 0 bridgehead atoms. The third kappa shape index (κ3) is 5.03. The second kappa shape index (κ2) is 8.92. The second-order valence-corrected chi connectivity index (χ2v) is 6.91. The quantitative estimate of drug-likeness (QED) is 0.580. The molecule has 0 aromatic heterocycles. The largest absolute Gasteiger partial charge is 0.497 e. The highest BCUT2D eigenvalue weighted by atomic mass is 35.5. The van der Waals surface area contributed by atoms with E-state index in [9.17, 15) is 14.0 Å². The van der Waals surface area contributed by atoms with Crippen molar-refractivity contribution in [2.45, 2.75) is 12.8 Å². The molecule has 7 heteroatoms. The molecule has 0 aliphatic carbocycles. The number of amides is 1. The van der Waals surface area contributed by atoms with Crippen LogP contribution in [0, 0.1) is 5.82 Å². The predicted octanol–water partition coefficient (Wildman–Crippen LogP) is 4.93. The van der Waals surface area contributed by atoms with Gasteiger partial charge >= 0.3 is 5.97 Å². The summed E-state index contributed by atoms with van der Waals surface area (Å²) in [5.41, 5.74) is 0.686. The van der Waals surface area contributed by atoms with Crippen molar-refractivity contribution in [2.24, 2.45) is 0 Å². The Hall–Kier alpha value is -3.12. The maximum atomic E-state index is 13.7. The molecule has 0 heterocycles. The molecule has 0 saturated heterocycles. The van der Waals surface area contributed by atoms with E-state index in [1.54, 1.807) is 14.0 Å². The highest BCUT2D eigenvalue weighted by Gasteiger charge is 2.19. The lowest BCUT2D eigenvalue weighted by atomic mass is 9.98. The van der Waals surface area contributed by atoms with Gasteiger partial charge in [0.25, 0.3) is 5.91 Å². The van der Waals surface area contributed by atoms with Gasteiger partial charge in [-0.05, 0) is 53.6 Å². The van der Waals surface area contributed by atoms with E-state index in [4.69, 9.17) is 21.1 Å². The lowest BCUT2D eigenvalue weighted by Crippen LogP contribution is -2.23. The van der Waals surface area contributed by atoms with Crippen molar-refractivity contribution in [1.29, 1.82) is 0 Å². The third-order valence-electron chi connectivity index (χ3n) is 4.47. The molecule has 150 valence electrons. The fourth-order valence-electron chi connectivity index (χ4n) is 2.82. The van der Waals surface area contributed by atoms with Gasteiger partial charge in [0.1, 0.15) is 11.6 Å².